The summed E-state index contributed by atoms with van der Waals surface area (Å²) in [6, 6.07) is 8.84. The number of hydrogen-bond acceptors (Lipinski definition) is 5. The van der Waals surface area contributed by atoms with E-state index in [4.69, 9.17) is 21.4 Å². The van der Waals surface area contributed by atoms with Crippen LogP contribution in [0.4, 0.5) is 10.1 Å². The SMILES string of the molecule is CN1CC(C(=O)NCC(=O)O)=C(O)c2ccc(Oc3ccc(Cl)c(F)c3)cc21. The summed E-state index contributed by atoms with van der Waals surface area (Å²) in [6.45, 7) is -0.472. The maximum atomic E-state index is 13.6. The third kappa shape index (κ3) is 4.01. The summed E-state index contributed by atoms with van der Waals surface area (Å²) in [7, 11) is 1.71. The van der Waals surface area contributed by atoms with Gasteiger partial charge in [0.05, 0.1) is 22.8 Å². The van der Waals surface area contributed by atoms with Gasteiger partial charge in [0.15, 0.2) is 0 Å². The number of carboxylic acids is 1. The van der Waals surface area contributed by atoms with Crippen molar-refractivity contribution in [2.24, 2.45) is 0 Å². The molecule has 0 atom stereocenters. The van der Waals surface area contributed by atoms with Crippen molar-refractivity contribution in [3.63, 3.8) is 0 Å². The molecule has 0 aromatic heterocycles. The number of nitrogens with one attached hydrogen (secondary N) is 1. The second kappa shape index (κ2) is 7.77. The lowest BCUT2D eigenvalue weighted by Crippen LogP contribution is -2.37. The number of hydrogen-bond donors (Lipinski definition) is 3. The fourth-order valence-corrected chi connectivity index (χ4v) is 2.89. The quantitative estimate of drug-likeness (QED) is 0.705. The number of amides is 1. The van der Waals surface area contributed by atoms with Gasteiger partial charge in [-0.05, 0) is 24.3 Å². The Balaban J connectivity index is 1.87. The summed E-state index contributed by atoms with van der Waals surface area (Å²) in [4.78, 5) is 24.5. The van der Waals surface area contributed by atoms with Crippen LogP contribution < -0.4 is 15.0 Å². The fraction of sp³-hybridized carbons (Fsp3) is 0.158. The highest BCUT2D eigenvalue weighted by Crippen LogP contribution is 2.36. The number of carbonyl (C=O) groups excluding carboxylic acids is 1. The van der Waals surface area contributed by atoms with Crippen molar-refractivity contribution >= 4 is 34.9 Å². The molecule has 7 nitrogen and oxygen atoms in total. The molecule has 2 aromatic rings. The largest absolute Gasteiger partial charge is 0.507 e. The van der Waals surface area contributed by atoms with Gasteiger partial charge in [0, 0.05) is 24.7 Å². The number of fused-ring (bicyclic) bond motifs is 1. The molecule has 0 unspecified atom stereocenters. The number of aliphatic hydroxyl groups is 1. The van der Waals surface area contributed by atoms with Crippen molar-refractivity contribution in [1.82, 2.24) is 5.32 Å². The number of rotatable bonds is 5. The first-order chi connectivity index (χ1) is 13.3. The Morgan fingerprint density at radius 2 is 1.93 bits per heavy atom. The van der Waals surface area contributed by atoms with Crippen LogP contribution in [0.5, 0.6) is 11.5 Å². The zero-order chi connectivity index (χ0) is 20.4. The van der Waals surface area contributed by atoms with Gasteiger partial charge in [-0.2, -0.15) is 0 Å². The first-order valence-corrected chi connectivity index (χ1v) is 8.54. The third-order valence-corrected chi connectivity index (χ3v) is 4.42. The van der Waals surface area contributed by atoms with E-state index in [0.29, 0.717) is 17.0 Å². The lowest BCUT2D eigenvalue weighted by atomic mass is 10.00. The molecule has 0 saturated carbocycles. The number of halogens is 2. The molecule has 146 valence electrons. The van der Waals surface area contributed by atoms with Crippen LogP contribution in [0.25, 0.3) is 5.76 Å². The summed E-state index contributed by atoms with van der Waals surface area (Å²) in [5.41, 5.74) is 1.05. The molecular weight excluding hydrogens is 391 g/mol. The molecule has 2 aromatic carbocycles. The number of anilines is 1. The number of benzene rings is 2. The standard InChI is InChI=1S/C19H16ClFN2O5/c1-23-9-13(19(27)22-8-17(24)25)18(26)12-4-2-11(7-16(12)23)28-10-3-5-14(20)15(21)6-10/h2-7,26H,8-9H2,1H3,(H,22,27)(H,24,25). The number of nitrogens with zero attached hydrogens (tertiary/aromatic N) is 1. The van der Waals surface area contributed by atoms with Gasteiger partial charge < -0.3 is 25.2 Å². The zero-order valence-electron chi connectivity index (χ0n) is 14.7. The van der Waals surface area contributed by atoms with E-state index in [9.17, 15) is 19.1 Å². The zero-order valence-corrected chi connectivity index (χ0v) is 15.5. The predicted octanol–water partition coefficient (Wildman–Crippen LogP) is 3.19. The molecule has 1 aliphatic rings. The number of aliphatic hydroxyl groups excluding tert-OH is 1. The van der Waals surface area contributed by atoms with Crippen LogP contribution in [-0.4, -0.2) is 42.2 Å². The summed E-state index contributed by atoms with van der Waals surface area (Å²) < 4.78 is 19.2. The second-order valence-corrected chi connectivity index (χ2v) is 6.52. The van der Waals surface area contributed by atoms with E-state index in [2.05, 4.69) is 5.32 Å². The molecular formula is C19H16ClFN2O5. The maximum Gasteiger partial charge on any atom is 0.322 e. The van der Waals surface area contributed by atoms with Gasteiger partial charge in [0.25, 0.3) is 5.91 Å². The number of ether oxygens (including phenoxy) is 1. The highest BCUT2D eigenvalue weighted by molar-refractivity contribution is 6.30. The second-order valence-electron chi connectivity index (χ2n) is 6.12. The van der Waals surface area contributed by atoms with Crippen LogP contribution >= 0.6 is 11.6 Å². The highest BCUT2D eigenvalue weighted by atomic mass is 35.5. The lowest BCUT2D eigenvalue weighted by molar-refractivity contribution is -0.137. The van der Waals surface area contributed by atoms with Crippen molar-refractivity contribution in [1.29, 1.82) is 0 Å². The summed E-state index contributed by atoms with van der Waals surface area (Å²) >= 11 is 5.66. The van der Waals surface area contributed by atoms with E-state index in [1.807, 2.05) is 0 Å². The topological polar surface area (TPSA) is 99.1 Å². The number of carboxylic acid groups (broad SMARTS) is 1. The highest BCUT2D eigenvalue weighted by Gasteiger charge is 2.27. The van der Waals surface area contributed by atoms with Gasteiger partial charge in [0.1, 0.15) is 29.6 Å². The van der Waals surface area contributed by atoms with Crippen LogP contribution in [0, 0.1) is 5.82 Å². The molecule has 3 rings (SSSR count). The Bertz CT molecular complexity index is 992. The molecule has 0 spiro atoms. The smallest absolute Gasteiger partial charge is 0.322 e. The van der Waals surface area contributed by atoms with Crippen LogP contribution in [0.15, 0.2) is 42.0 Å². The molecule has 1 aliphatic heterocycles. The molecule has 0 radical (unpaired) electrons. The number of likely N-dealkylation sites (N-methyl/N-ethyl adjacent to an activating group) is 1. The molecule has 0 saturated heterocycles. The first-order valence-electron chi connectivity index (χ1n) is 8.17. The van der Waals surface area contributed by atoms with Crippen LogP contribution in [-0.2, 0) is 9.59 Å². The van der Waals surface area contributed by atoms with E-state index >= 15 is 0 Å². The van der Waals surface area contributed by atoms with Gasteiger partial charge in [-0.25, -0.2) is 4.39 Å². The molecule has 9 heteroatoms. The van der Waals surface area contributed by atoms with Crippen molar-refractivity contribution in [3.05, 3.63) is 58.4 Å². The molecule has 0 fully saturated rings. The van der Waals surface area contributed by atoms with Crippen molar-refractivity contribution in [2.45, 2.75) is 0 Å². The Morgan fingerprint density at radius 3 is 2.61 bits per heavy atom. The molecule has 28 heavy (non-hydrogen) atoms. The molecule has 3 N–H and O–H groups in total. The van der Waals surface area contributed by atoms with Gasteiger partial charge in [-0.15, -0.1) is 0 Å². The van der Waals surface area contributed by atoms with E-state index < -0.39 is 24.2 Å². The average Bonchev–Trinajstić information content (AvgIpc) is 2.65. The normalized spacial score (nSPS) is 13.2. The molecule has 1 heterocycles. The minimum Gasteiger partial charge on any atom is -0.507 e. The predicted molar refractivity (Wildman–Crippen MR) is 101 cm³/mol. The summed E-state index contributed by atoms with van der Waals surface area (Å²) in [5.74, 6) is -2.02. The Labute approximate surface area is 164 Å². The lowest BCUT2D eigenvalue weighted by Gasteiger charge is -2.29. The van der Waals surface area contributed by atoms with Gasteiger partial charge >= 0.3 is 5.97 Å². The summed E-state index contributed by atoms with van der Waals surface area (Å²) in [6.07, 6.45) is 0. The third-order valence-electron chi connectivity index (χ3n) is 4.12. The van der Waals surface area contributed by atoms with Gasteiger partial charge in [-0.1, -0.05) is 11.6 Å². The monoisotopic (exact) mass is 406 g/mol. The van der Waals surface area contributed by atoms with Crippen molar-refractivity contribution in [3.8, 4) is 11.5 Å². The van der Waals surface area contributed by atoms with Crippen LogP contribution in [0.1, 0.15) is 5.56 Å². The minimum absolute atomic E-state index is 0.0127. The molecule has 0 aliphatic carbocycles. The van der Waals surface area contributed by atoms with Gasteiger partial charge in [0.2, 0.25) is 0 Å². The summed E-state index contributed by atoms with van der Waals surface area (Å²) in [5, 5.41) is 21.4. The van der Waals surface area contributed by atoms with Crippen LogP contribution in [0.2, 0.25) is 5.02 Å². The Kier molecular flexibility index (Phi) is 5.41. The Morgan fingerprint density at radius 1 is 1.25 bits per heavy atom. The van der Waals surface area contributed by atoms with E-state index in [1.54, 1.807) is 30.1 Å². The molecule has 1 amide bonds. The number of aliphatic carboxylic acids is 1. The molecule has 0 bridgehead atoms. The maximum absolute atomic E-state index is 13.6. The first kappa shape index (κ1) is 19.5. The van der Waals surface area contributed by atoms with Crippen molar-refractivity contribution < 1.29 is 28.9 Å². The number of carbonyl (C=O) groups is 2. The van der Waals surface area contributed by atoms with Crippen LogP contribution in [0.3, 0.4) is 0 Å². The minimum atomic E-state index is -1.18. The fourth-order valence-electron chi connectivity index (χ4n) is 2.77. The van der Waals surface area contributed by atoms with Crippen molar-refractivity contribution in [2.75, 3.05) is 25.0 Å². The van der Waals surface area contributed by atoms with E-state index in [1.165, 1.54) is 12.1 Å². The van der Waals surface area contributed by atoms with Gasteiger partial charge in [-0.3, -0.25) is 9.59 Å². The van der Waals surface area contributed by atoms with E-state index in [-0.39, 0.29) is 28.6 Å². The van der Waals surface area contributed by atoms with E-state index in [0.717, 1.165) is 6.07 Å². The Hall–Kier alpha value is -3.26. The average molecular weight is 407 g/mol.